The molecule has 21 heavy (non-hydrogen) atoms. The molecule has 1 saturated heterocycles. The van der Waals surface area contributed by atoms with Crippen molar-refractivity contribution < 1.29 is 0 Å². The van der Waals surface area contributed by atoms with Gasteiger partial charge in [0.25, 0.3) is 0 Å². The molecular formula is C15H18Cl2N4. The summed E-state index contributed by atoms with van der Waals surface area (Å²) in [5.74, 6) is 0. The average Bonchev–Trinajstić information content (AvgIpc) is 3.02. The van der Waals surface area contributed by atoms with Crippen LogP contribution >= 0.6 is 23.2 Å². The molecule has 1 aliphatic heterocycles. The van der Waals surface area contributed by atoms with Gasteiger partial charge in [0, 0.05) is 45.1 Å². The fraction of sp³-hybridized carbons (Fsp3) is 0.400. The van der Waals surface area contributed by atoms with Gasteiger partial charge in [0.15, 0.2) is 0 Å². The molecule has 0 unspecified atom stereocenters. The number of hydrogen-bond donors (Lipinski definition) is 0. The van der Waals surface area contributed by atoms with Gasteiger partial charge in [-0.3, -0.25) is 9.58 Å². The molecule has 1 fully saturated rings. The van der Waals surface area contributed by atoms with E-state index in [1.54, 1.807) is 0 Å². The molecular weight excluding hydrogens is 307 g/mol. The normalized spacial score (nSPS) is 16.4. The van der Waals surface area contributed by atoms with Crippen LogP contribution in [-0.2, 0) is 6.54 Å². The van der Waals surface area contributed by atoms with Crippen molar-refractivity contribution in [1.29, 1.82) is 0 Å². The van der Waals surface area contributed by atoms with Crippen molar-refractivity contribution in [3.05, 3.63) is 46.7 Å². The van der Waals surface area contributed by atoms with Crippen molar-refractivity contribution in [2.45, 2.75) is 6.54 Å². The van der Waals surface area contributed by atoms with Crippen LogP contribution in [0, 0.1) is 0 Å². The van der Waals surface area contributed by atoms with Crippen molar-refractivity contribution in [2.24, 2.45) is 0 Å². The highest BCUT2D eigenvalue weighted by atomic mass is 35.5. The summed E-state index contributed by atoms with van der Waals surface area (Å²) in [6.45, 7) is 5.97. The van der Waals surface area contributed by atoms with Crippen LogP contribution in [0.2, 0.25) is 10.0 Å². The number of piperazine rings is 1. The predicted molar refractivity (Wildman–Crippen MR) is 87.3 cm³/mol. The molecule has 0 amide bonds. The number of hydrogen-bond acceptors (Lipinski definition) is 3. The topological polar surface area (TPSA) is 24.3 Å². The van der Waals surface area contributed by atoms with E-state index in [0.29, 0.717) is 10.0 Å². The van der Waals surface area contributed by atoms with Crippen molar-refractivity contribution in [2.75, 3.05) is 37.6 Å². The van der Waals surface area contributed by atoms with Gasteiger partial charge in [-0.15, -0.1) is 0 Å². The minimum Gasteiger partial charge on any atom is -0.368 e. The van der Waals surface area contributed by atoms with E-state index in [2.05, 4.69) is 14.9 Å². The number of rotatable bonds is 4. The maximum absolute atomic E-state index is 6.29. The van der Waals surface area contributed by atoms with Crippen molar-refractivity contribution >= 4 is 28.9 Å². The summed E-state index contributed by atoms with van der Waals surface area (Å²) in [6.07, 6.45) is 3.82. The fourth-order valence-corrected chi connectivity index (χ4v) is 3.04. The third-order valence-corrected chi connectivity index (χ3v) is 4.66. The van der Waals surface area contributed by atoms with Gasteiger partial charge in [0.1, 0.15) is 0 Å². The Balaban J connectivity index is 1.54. The summed E-state index contributed by atoms with van der Waals surface area (Å²) in [6, 6.07) is 7.77. The largest absolute Gasteiger partial charge is 0.368 e. The molecule has 112 valence electrons. The lowest BCUT2D eigenvalue weighted by molar-refractivity contribution is 0.244. The first-order valence-corrected chi connectivity index (χ1v) is 7.88. The zero-order chi connectivity index (χ0) is 14.7. The zero-order valence-electron chi connectivity index (χ0n) is 11.8. The Morgan fingerprint density at radius 2 is 1.81 bits per heavy atom. The smallest absolute Gasteiger partial charge is 0.0825 e. The van der Waals surface area contributed by atoms with Crippen LogP contribution < -0.4 is 4.90 Å². The summed E-state index contributed by atoms with van der Waals surface area (Å²) >= 11 is 12.4. The van der Waals surface area contributed by atoms with Crippen LogP contribution in [0.3, 0.4) is 0 Å². The van der Waals surface area contributed by atoms with Gasteiger partial charge in [-0.05, 0) is 18.2 Å². The molecule has 0 spiro atoms. The quantitative estimate of drug-likeness (QED) is 0.864. The molecule has 3 rings (SSSR count). The zero-order valence-corrected chi connectivity index (χ0v) is 13.3. The fourth-order valence-electron chi connectivity index (χ4n) is 2.63. The summed E-state index contributed by atoms with van der Waals surface area (Å²) in [5, 5.41) is 5.51. The third-order valence-electron chi connectivity index (χ3n) is 3.85. The van der Waals surface area contributed by atoms with E-state index in [-0.39, 0.29) is 0 Å². The average molecular weight is 325 g/mol. The molecule has 4 nitrogen and oxygen atoms in total. The van der Waals surface area contributed by atoms with E-state index in [0.717, 1.165) is 45.0 Å². The van der Waals surface area contributed by atoms with Gasteiger partial charge in [0.2, 0.25) is 0 Å². The molecule has 6 heteroatoms. The van der Waals surface area contributed by atoms with E-state index in [1.165, 1.54) is 0 Å². The van der Waals surface area contributed by atoms with Crippen LogP contribution in [0.4, 0.5) is 5.69 Å². The van der Waals surface area contributed by atoms with Crippen LogP contribution in [0.15, 0.2) is 36.7 Å². The van der Waals surface area contributed by atoms with E-state index in [4.69, 9.17) is 23.2 Å². The Morgan fingerprint density at radius 3 is 2.52 bits per heavy atom. The lowest BCUT2D eigenvalue weighted by Gasteiger charge is -2.36. The maximum atomic E-state index is 6.29. The molecule has 0 N–H and O–H groups in total. The van der Waals surface area contributed by atoms with Crippen molar-refractivity contribution in [3.8, 4) is 0 Å². The Kier molecular flexibility index (Phi) is 4.68. The third kappa shape index (κ3) is 3.51. The van der Waals surface area contributed by atoms with Crippen LogP contribution in [0.25, 0.3) is 0 Å². The summed E-state index contributed by atoms with van der Waals surface area (Å²) in [5.41, 5.74) is 1.04. The van der Waals surface area contributed by atoms with Crippen molar-refractivity contribution in [1.82, 2.24) is 14.7 Å². The predicted octanol–water partition coefficient (Wildman–Crippen LogP) is 3.01. The molecule has 1 aromatic heterocycles. The van der Waals surface area contributed by atoms with Gasteiger partial charge in [-0.25, -0.2) is 0 Å². The van der Waals surface area contributed by atoms with Crippen LogP contribution in [-0.4, -0.2) is 47.4 Å². The molecule has 0 atom stereocenters. The van der Waals surface area contributed by atoms with E-state index < -0.39 is 0 Å². The minimum absolute atomic E-state index is 0.621. The molecule has 2 heterocycles. The second kappa shape index (κ2) is 6.69. The summed E-state index contributed by atoms with van der Waals surface area (Å²) in [4.78, 5) is 4.76. The number of anilines is 1. The first-order chi connectivity index (χ1) is 10.2. The lowest BCUT2D eigenvalue weighted by atomic mass is 10.2. The Morgan fingerprint density at radius 1 is 1.00 bits per heavy atom. The highest BCUT2D eigenvalue weighted by Gasteiger charge is 2.19. The first-order valence-electron chi connectivity index (χ1n) is 7.13. The number of nitrogens with zero attached hydrogens (tertiary/aromatic N) is 4. The Hall–Kier alpha value is -1.23. The Labute approximate surface area is 134 Å². The molecule has 0 saturated carbocycles. The monoisotopic (exact) mass is 324 g/mol. The number of benzene rings is 1. The van der Waals surface area contributed by atoms with Gasteiger partial charge < -0.3 is 4.90 Å². The first kappa shape index (κ1) is 14.7. The number of aromatic nitrogens is 2. The van der Waals surface area contributed by atoms with Crippen LogP contribution in [0.1, 0.15) is 0 Å². The second-order valence-electron chi connectivity index (χ2n) is 5.17. The minimum atomic E-state index is 0.621. The lowest BCUT2D eigenvalue weighted by Crippen LogP contribution is -2.47. The van der Waals surface area contributed by atoms with E-state index in [9.17, 15) is 0 Å². The van der Waals surface area contributed by atoms with Gasteiger partial charge in [-0.1, -0.05) is 29.3 Å². The SMILES string of the molecule is Clc1cccc(N2CCN(CCn3cccn3)CC2)c1Cl. The molecule has 0 bridgehead atoms. The van der Waals surface area contributed by atoms with E-state index >= 15 is 0 Å². The molecule has 1 aliphatic rings. The molecule has 1 aromatic carbocycles. The Bertz CT molecular complexity index is 577. The van der Waals surface area contributed by atoms with Gasteiger partial charge in [0.05, 0.1) is 22.3 Å². The molecule has 2 aromatic rings. The van der Waals surface area contributed by atoms with Gasteiger partial charge >= 0.3 is 0 Å². The molecule has 0 aliphatic carbocycles. The second-order valence-corrected chi connectivity index (χ2v) is 5.96. The maximum Gasteiger partial charge on any atom is 0.0825 e. The van der Waals surface area contributed by atoms with Crippen molar-refractivity contribution in [3.63, 3.8) is 0 Å². The number of halogens is 2. The standard InChI is InChI=1S/C15H18Cl2N4/c16-13-3-1-4-14(15(13)17)20-10-7-19(8-11-20)9-12-21-6-2-5-18-21/h1-6H,7-12H2. The summed E-state index contributed by atoms with van der Waals surface area (Å²) < 4.78 is 1.97. The van der Waals surface area contributed by atoms with Crippen LogP contribution in [0.5, 0.6) is 0 Å². The molecule has 0 radical (unpaired) electrons. The van der Waals surface area contributed by atoms with E-state index in [1.807, 2.05) is 41.3 Å². The van der Waals surface area contributed by atoms with Gasteiger partial charge in [-0.2, -0.15) is 5.10 Å². The highest BCUT2D eigenvalue weighted by Crippen LogP contribution is 2.32. The highest BCUT2D eigenvalue weighted by molar-refractivity contribution is 6.43. The summed E-state index contributed by atoms with van der Waals surface area (Å²) in [7, 11) is 0.